The SMILES string of the molecule is NC1Cc2c(CC(=O)O)cccc2N(c2ccc(C(F)(F)F)cc2)C1. The fourth-order valence-electron chi connectivity index (χ4n) is 3.17. The highest BCUT2D eigenvalue weighted by atomic mass is 19.4. The van der Waals surface area contributed by atoms with Gasteiger partial charge in [-0.2, -0.15) is 13.2 Å². The van der Waals surface area contributed by atoms with Crippen LogP contribution in [0.2, 0.25) is 0 Å². The molecule has 0 fully saturated rings. The van der Waals surface area contributed by atoms with E-state index in [-0.39, 0.29) is 12.5 Å². The molecule has 1 unspecified atom stereocenters. The first-order valence-corrected chi connectivity index (χ1v) is 7.78. The van der Waals surface area contributed by atoms with Crippen LogP contribution >= 0.6 is 0 Å². The molecular weight excluding hydrogens is 333 g/mol. The normalized spacial score (nSPS) is 17.3. The first kappa shape index (κ1) is 17.3. The predicted octanol–water partition coefficient (Wildman–Crippen LogP) is 3.35. The van der Waals surface area contributed by atoms with Gasteiger partial charge in [0.2, 0.25) is 0 Å². The molecule has 2 aromatic carbocycles. The van der Waals surface area contributed by atoms with Crippen LogP contribution < -0.4 is 10.6 Å². The van der Waals surface area contributed by atoms with Crippen LogP contribution in [0.15, 0.2) is 42.5 Å². The highest BCUT2D eigenvalue weighted by Gasteiger charge is 2.31. The average molecular weight is 350 g/mol. The minimum absolute atomic E-state index is 0.114. The molecule has 132 valence electrons. The largest absolute Gasteiger partial charge is 0.481 e. The van der Waals surface area contributed by atoms with Crippen LogP contribution in [0, 0.1) is 0 Å². The van der Waals surface area contributed by atoms with E-state index in [0.717, 1.165) is 23.4 Å². The summed E-state index contributed by atoms with van der Waals surface area (Å²) in [7, 11) is 0. The minimum Gasteiger partial charge on any atom is -0.481 e. The number of hydrogen-bond donors (Lipinski definition) is 2. The van der Waals surface area contributed by atoms with E-state index < -0.39 is 17.7 Å². The van der Waals surface area contributed by atoms with Crippen molar-refractivity contribution in [3.05, 3.63) is 59.2 Å². The van der Waals surface area contributed by atoms with Crippen LogP contribution in [0.5, 0.6) is 0 Å². The first-order chi connectivity index (χ1) is 11.8. The maximum atomic E-state index is 12.7. The predicted molar refractivity (Wildman–Crippen MR) is 87.9 cm³/mol. The lowest BCUT2D eigenvalue weighted by Crippen LogP contribution is -2.41. The van der Waals surface area contributed by atoms with E-state index in [1.165, 1.54) is 12.1 Å². The second kappa shape index (κ2) is 6.40. The number of nitrogens with two attached hydrogens (primary N) is 1. The Labute approximate surface area is 142 Å². The summed E-state index contributed by atoms with van der Waals surface area (Å²) in [6.07, 6.45) is -3.96. The summed E-state index contributed by atoms with van der Waals surface area (Å²) in [4.78, 5) is 12.9. The minimum atomic E-state index is -4.39. The highest BCUT2D eigenvalue weighted by Crippen LogP contribution is 2.37. The Bertz CT molecular complexity index is 788. The monoisotopic (exact) mass is 350 g/mol. The van der Waals surface area contributed by atoms with Crippen molar-refractivity contribution in [2.75, 3.05) is 11.4 Å². The number of nitrogens with zero attached hydrogens (tertiary/aromatic N) is 1. The molecule has 1 aliphatic heterocycles. The molecule has 0 aliphatic carbocycles. The van der Waals surface area contributed by atoms with Gasteiger partial charge < -0.3 is 15.7 Å². The fraction of sp³-hybridized carbons (Fsp3) is 0.278. The summed E-state index contributed by atoms with van der Waals surface area (Å²) in [5, 5.41) is 9.07. The number of halogens is 3. The Kier molecular flexibility index (Phi) is 4.43. The van der Waals surface area contributed by atoms with E-state index in [2.05, 4.69) is 0 Å². The van der Waals surface area contributed by atoms with Gasteiger partial charge in [0.25, 0.3) is 0 Å². The van der Waals surface area contributed by atoms with Crippen molar-refractivity contribution in [2.45, 2.75) is 25.1 Å². The summed E-state index contributed by atoms with van der Waals surface area (Å²) in [6.45, 7) is 0.453. The van der Waals surface area contributed by atoms with Crippen molar-refractivity contribution in [2.24, 2.45) is 5.73 Å². The van der Waals surface area contributed by atoms with Crippen LogP contribution in [-0.2, 0) is 23.8 Å². The molecule has 0 amide bonds. The van der Waals surface area contributed by atoms with Crippen molar-refractivity contribution in [3.63, 3.8) is 0 Å². The van der Waals surface area contributed by atoms with E-state index in [1.807, 2.05) is 11.0 Å². The number of benzene rings is 2. The second-order valence-corrected chi connectivity index (χ2v) is 6.10. The molecule has 3 rings (SSSR count). The van der Waals surface area contributed by atoms with Crippen LogP contribution in [-0.4, -0.2) is 23.7 Å². The summed E-state index contributed by atoms with van der Waals surface area (Å²) in [6, 6.07) is 10.0. The van der Waals surface area contributed by atoms with Crippen molar-refractivity contribution >= 4 is 17.3 Å². The van der Waals surface area contributed by atoms with Gasteiger partial charge in [-0.15, -0.1) is 0 Å². The zero-order chi connectivity index (χ0) is 18.2. The maximum absolute atomic E-state index is 12.7. The molecule has 1 atom stereocenters. The van der Waals surface area contributed by atoms with Crippen molar-refractivity contribution in [3.8, 4) is 0 Å². The smallest absolute Gasteiger partial charge is 0.416 e. The van der Waals surface area contributed by atoms with Crippen LogP contribution in [0.3, 0.4) is 0 Å². The maximum Gasteiger partial charge on any atom is 0.416 e. The van der Waals surface area contributed by atoms with E-state index in [0.29, 0.717) is 24.2 Å². The van der Waals surface area contributed by atoms with Gasteiger partial charge in [0.05, 0.1) is 12.0 Å². The Balaban J connectivity index is 2.01. The Hall–Kier alpha value is -2.54. The Morgan fingerprint density at radius 1 is 1.20 bits per heavy atom. The molecule has 0 radical (unpaired) electrons. The highest BCUT2D eigenvalue weighted by molar-refractivity contribution is 5.75. The summed E-state index contributed by atoms with van der Waals surface area (Å²) >= 11 is 0. The summed E-state index contributed by atoms with van der Waals surface area (Å²) in [5.41, 5.74) is 8.30. The molecule has 0 aromatic heterocycles. The molecule has 3 N–H and O–H groups in total. The molecule has 4 nitrogen and oxygen atoms in total. The van der Waals surface area contributed by atoms with E-state index in [1.54, 1.807) is 12.1 Å². The van der Waals surface area contributed by atoms with Gasteiger partial charge >= 0.3 is 12.1 Å². The van der Waals surface area contributed by atoms with Crippen LogP contribution in [0.4, 0.5) is 24.5 Å². The topological polar surface area (TPSA) is 66.6 Å². The molecule has 0 saturated heterocycles. The van der Waals surface area contributed by atoms with Crippen molar-refractivity contribution in [1.29, 1.82) is 0 Å². The quantitative estimate of drug-likeness (QED) is 0.891. The zero-order valence-corrected chi connectivity index (χ0v) is 13.3. The van der Waals surface area contributed by atoms with Crippen LogP contribution in [0.1, 0.15) is 16.7 Å². The van der Waals surface area contributed by atoms with Gasteiger partial charge in [0, 0.05) is 24.0 Å². The lowest BCUT2D eigenvalue weighted by Gasteiger charge is -2.36. The lowest BCUT2D eigenvalue weighted by molar-refractivity contribution is -0.138. The molecule has 0 saturated carbocycles. The number of hydrogen-bond acceptors (Lipinski definition) is 3. The molecule has 7 heteroatoms. The number of fused-ring (bicyclic) bond motifs is 1. The number of carboxylic acid groups (broad SMARTS) is 1. The summed E-state index contributed by atoms with van der Waals surface area (Å²) < 4.78 is 38.2. The summed E-state index contributed by atoms with van der Waals surface area (Å²) in [5.74, 6) is -0.936. The standard InChI is InChI=1S/C18H17F3N2O2/c19-18(20,21)12-4-6-14(7-5-12)23-10-13(22)9-15-11(8-17(24)25)2-1-3-16(15)23/h1-7,13H,8-10,22H2,(H,24,25). The zero-order valence-electron chi connectivity index (χ0n) is 13.3. The van der Waals surface area contributed by atoms with Gasteiger partial charge in [-0.25, -0.2) is 0 Å². The molecule has 0 bridgehead atoms. The van der Waals surface area contributed by atoms with Gasteiger partial charge in [0.15, 0.2) is 0 Å². The van der Waals surface area contributed by atoms with Crippen molar-refractivity contribution < 1.29 is 23.1 Å². The fourth-order valence-corrected chi connectivity index (χ4v) is 3.17. The second-order valence-electron chi connectivity index (χ2n) is 6.10. The first-order valence-electron chi connectivity index (χ1n) is 7.78. The number of alkyl halides is 3. The molecule has 2 aromatic rings. The third kappa shape index (κ3) is 3.61. The number of aliphatic carboxylic acids is 1. The third-order valence-electron chi connectivity index (χ3n) is 4.27. The average Bonchev–Trinajstić information content (AvgIpc) is 2.54. The lowest BCUT2D eigenvalue weighted by atomic mass is 9.92. The number of carboxylic acids is 1. The van der Waals surface area contributed by atoms with E-state index >= 15 is 0 Å². The van der Waals surface area contributed by atoms with Gasteiger partial charge in [-0.1, -0.05) is 12.1 Å². The van der Waals surface area contributed by atoms with Gasteiger partial charge in [-0.05, 0) is 47.9 Å². The number of rotatable bonds is 3. The molecule has 1 heterocycles. The van der Waals surface area contributed by atoms with E-state index in [4.69, 9.17) is 10.8 Å². The molecule has 0 spiro atoms. The number of carbonyl (C=O) groups is 1. The van der Waals surface area contributed by atoms with Crippen LogP contribution in [0.25, 0.3) is 0 Å². The molecular formula is C18H17F3N2O2. The van der Waals surface area contributed by atoms with Gasteiger partial charge in [-0.3, -0.25) is 4.79 Å². The molecule has 25 heavy (non-hydrogen) atoms. The van der Waals surface area contributed by atoms with Crippen molar-refractivity contribution in [1.82, 2.24) is 0 Å². The van der Waals surface area contributed by atoms with Gasteiger partial charge in [0.1, 0.15) is 0 Å². The number of anilines is 2. The Morgan fingerprint density at radius 3 is 2.48 bits per heavy atom. The van der Waals surface area contributed by atoms with E-state index in [9.17, 15) is 18.0 Å². The third-order valence-corrected chi connectivity index (χ3v) is 4.27. The molecule has 1 aliphatic rings. The Morgan fingerprint density at radius 2 is 1.88 bits per heavy atom.